The molecule has 1 aliphatic rings. The minimum atomic E-state index is 0.332. The summed E-state index contributed by atoms with van der Waals surface area (Å²) >= 11 is 0. The van der Waals surface area contributed by atoms with Crippen molar-refractivity contribution in [2.24, 2.45) is 0 Å². The molecular weight excluding hydrogens is 188 g/mol. The molecule has 1 N–H and O–H groups in total. The minimum absolute atomic E-state index is 0.332. The molecule has 0 aliphatic carbocycles. The molecule has 1 heterocycles. The van der Waals surface area contributed by atoms with Crippen LogP contribution in [0, 0.1) is 0 Å². The molecule has 1 aliphatic heterocycles. The summed E-state index contributed by atoms with van der Waals surface area (Å²) in [6.45, 7) is 7.17. The van der Waals surface area contributed by atoms with E-state index in [-0.39, 0.29) is 0 Å². The third-order valence-electron chi connectivity index (χ3n) is 2.92. The molecule has 0 saturated carbocycles. The Labute approximate surface area is 93.2 Å². The van der Waals surface area contributed by atoms with Crippen molar-refractivity contribution in [2.75, 3.05) is 19.6 Å². The van der Waals surface area contributed by atoms with E-state index in [2.05, 4.69) is 19.2 Å². The van der Waals surface area contributed by atoms with Crippen LogP contribution in [0.15, 0.2) is 0 Å². The summed E-state index contributed by atoms with van der Waals surface area (Å²) in [5.41, 5.74) is 0. The molecule has 1 unspecified atom stereocenters. The largest absolute Gasteiger partial charge is 0.343 e. The van der Waals surface area contributed by atoms with E-state index in [4.69, 9.17) is 0 Å². The van der Waals surface area contributed by atoms with Crippen LogP contribution in [0.4, 0.5) is 0 Å². The van der Waals surface area contributed by atoms with Crippen LogP contribution in [0.1, 0.15) is 46.0 Å². The molecule has 0 spiro atoms. The summed E-state index contributed by atoms with van der Waals surface area (Å²) in [6, 6.07) is 0.439. The van der Waals surface area contributed by atoms with Crippen LogP contribution in [-0.2, 0) is 4.79 Å². The lowest BCUT2D eigenvalue weighted by Gasteiger charge is -2.23. The van der Waals surface area contributed by atoms with E-state index >= 15 is 0 Å². The number of hydrogen-bond donors (Lipinski definition) is 1. The topological polar surface area (TPSA) is 32.3 Å². The van der Waals surface area contributed by atoms with E-state index in [0.29, 0.717) is 18.4 Å². The highest BCUT2D eigenvalue weighted by atomic mass is 16.2. The van der Waals surface area contributed by atoms with Crippen LogP contribution in [-0.4, -0.2) is 36.5 Å². The first-order valence-corrected chi connectivity index (χ1v) is 6.29. The molecule has 0 bridgehead atoms. The molecule has 1 amide bonds. The Kier molecular flexibility index (Phi) is 5.69. The van der Waals surface area contributed by atoms with Gasteiger partial charge in [-0.25, -0.2) is 0 Å². The highest BCUT2D eigenvalue weighted by Crippen LogP contribution is 2.11. The summed E-state index contributed by atoms with van der Waals surface area (Å²) < 4.78 is 0. The molecular formula is C12H24N2O. The first-order valence-electron chi connectivity index (χ1n) is 6.29. The van der Waals surface area contributed by atoms with E-state index in [9.17, 15) is 4.79 Å². The van der Waals surface area contributed by atoms with Crippen LogP contribution in [0.25, 0.3) is 0 Å². The molecule has 0 aromatic carbocycles. The van der Waals surface area contributed by atoms with Gasteiger partial charge in [0.05, 0.1) is 0 Å². The fourth-order valence-corrected chi connectivity index (χ4v) is 2.17. The molecule has 88 valence electrons. The Balaban J connectivity index is 2.33. The van der Waals surface area contributed by atoms with Gasteiger partial charge in [0.2, 0.25) is 5.91 Å². The third kappa shape index (κ3) is 4.20. The average molecular weight is 212 g/mol. The van der Waals surface area contributed by atoms with Crippen LogP contribution >= 0.6 is 0 Å². The van der Waals surface area contributed by atoms with Gasteiger partial charge in [0.15, 0.2) is 0 Å². The molecule has 1 saturated heterocycles. The molecule has 1 atom stereocenters. The summed E-state index contributed by atoms with van der Waals surface area (Å²) in [7, 11) is 0. The number of amides is 1. The van der Waals surface area contributed by atoms with Gasteiger partial charge in [-0.3, -0.25) is 4.79 Å². The predicted octanol–water partition coefficient (Wildman–Crippen LogP) is 1.78. The smallest absolute Gasteiger partial charge is 0.224 e. The Morgan fingerprint density at radius 2 is 2.00 bits per heavy atom. The van der Waals surface area contributed by atoms with Crippen LogP contribution in [0.5, 0.6) is 0 Å². The molecule has 0 radical (unpaired) electrons. The minimum Gasteiger partial charge on any atom is -0.343 e. The van der Waals surface area contributed by atoms with Gasteiger partial charge < -0.3 is 10.2 Å². The van der Waals surface area contributed by atoms with Crippen LogP contribution < -0.4 is 5.32 Å². The first-order chi connectivity index (χ1) is 7.27. The lowest BCUT2D eigenvalue weighted by atomic mass is 10.1. The molecule has 15 heavy (non-hydrogen) atoms. The Morgan fingerprint density at radius 1 is 1.33 bits per heavy atom. The Bertz CT molecular complexity index is 182. The Morgan fingerprint density at radius 3 is 2.47 bits per heavy atom. The van der Waals surface area contributed by atoms with Gasteiger partial charge in [0.25, 0.3) is 0 Å². The van der Waals surface area contributed by atoms with Crippen LogP contribution in [0.2, 0.25) is 0 Å². The van der Waals surface area contributed by atoms with E-state index in [1.807, 2.05) is 4.90 Å². The fourth-order valence-electron chi connectivity index (χ4n) is 2.17. The number of nitrogens with zero attached hydrogens (tertiary/aromatic N) is 1. The monoisotopic (exact) mass is 212 g/mol. The summed E-state index contributed by atoms with van der Waals surface area (Å²) in [4.78, 5) is 14.0. The number of hydrogen-bond acceptors (Lipinski definition) is 2. The molecule has 1 rings (SSSR count). The summed E-state index contributed by atoms with van der Waals surface area (Å²) in [6.07, 6.45) is 5.20. The van der Waals surface area contributed by atoms with Crippen LogP contribution in [0.3, 0.4) is 0 Å². The van der Waals surface area contributed by atoms with E-state index in [0.717, 1.165) is 38.9 Å². The molecule has 1 fully saturated rings. The van der Waals surface area contributed by atoms with Gasteiger partial charge in [0.1, 0.15) is 0 Å². The third-order valence-corrected chi connectivity index (χ3v) is 2.92. The average Bonchev–Trinajstić information content (AvgIpc) is 2.70. The second kappa shape index (κ2) is 6.83. The normalized spacial score (nSPS) is 20.5. The zero-order valence-corrected chi connectivity index (χ0v) is 10.1. The zero-order chi connectivity index (χ0) is 11.1. The molecule has 3 nitrogen and oxygen atoms in total. The highest BCUT2D eigenvalue weighted by molar-refractivity contribution is 5.76. The maximum Gasteiger partial charge on any atom is 0.224 e. The van der Waals surface area contributed by atoms with Crippen molar-refractivity contribution in [3.05, 3.63) is 0 Å². The number of nitrogens with one attached hydrogen (secondary N) is 1. The summed E-state index contributed by atoms with van der Waals surface area (Å²) in [5, 5.41) is 3.38. The van der Waals surface area contributed by atoms with Gasteiger partial charge >= 0.3 is 0 Å². The van der Waals surface area contributed by atoms with Crippen molar-refractivity contribution in [1.29, 1.82) is 0 Å². The number of carbonyl (C=O) groups excluding carboxylic acids is 1. The van der Waals surface area contributed by atoms with Gasteiger partial charge in [0, 0.05) is 25.6 Å². The second-order valence-corrected chi connectivity index (χ2v) is 4.38. The number of carbonyl (C=O) groups is 1. The fraction of sp³-hybridized carbons (Fsp3) is 0.917. The second-order valence-electron chi connectivity index (χ2n) is 4.38. The first kappa shape index (κ1) is 12.5. The quantitative estimate of drug-likeness (QED) is 0.728. The number of rotatable bonds is 6. The summed E-state index contributed by atoms with van der Waals surface area (Å²) in [5.74, 6) is 0.332. The predicted molar refractivity (Wildman–Crippen MR) is 62.8 cm³/mol. The van der Waals surface area contributed by atoms with E-state index in [1.54, 1.807) is 0 Å². The van der Waals surface area contributed by atoms with Crippen molar-refractivity contribution in [2.45, 2.75) is 52.0 Å². The van der Waals surface area contributed by atoms with E-state index < -0.39 is 0 Å². The molecule has 0 aromatic rings. The van der Waals surface area contributed by atoms with E-state index in [1.165, 1.54) is 6.42 Å². The van der Waals surface area contributed by atoms with Gasteiger partial charge in [-0.2, -0.15) is 0 Å². The standard InChI is InChI=1S/C12H24N2O/c1-3-8-14(9-4-2)12(15)10-11-6-5-7-13-11/h11,13H,3-10H2,1-2H3. The lowest BCUT2D eigenvalue weighted by molar-refractivity contribution is -0.131. The van der Waals surface area contributed by atoms with Crippen molar-refractivity contribution >= 4 is 5.91 Å². The van der Waals surface area contributed by atoms with Gasteiger partial charge in [-0.1, -0.05) is 13.8 Å². The van der Waals surface area contributed by atoms with Gasteiger partial charge in [-0.15, -0.1) is 0 Å². The van der Waals surface area contributed by atoms with Crippen molar-refractivity contribution in [1.82, 2.24) is 10.2 Å². The maximum atomic E-state index is 12.0. The molecule has 3 heteroatoms. The van der Waals surface area contributed by atoms with Crippen molar-refractivity contribution in [3.8, 4) is 0 Å². The SMILES string of the molecule is CCCN(CCC)C(=O)CC1CCCN1. The highest BCUT2D eigenvalue weighted by Gasteiger charge is 2.20. The molecule has 0 aromatic heterocycles. The van der Waals surface area contributed by atoms with Crippen molar-refractivity contribution < 1.29 is 4.79 Å². The van der Waals surface area contributed by atoms with Crippen molar-refractivity contribution in [3.63, 3.8) is 0 Å². The Hall–Kier alpha value is -0.570. The maximum absolute atomic E-state index is 12.0. The van der Waals surface area contributed by atoms with Gasteiger partial charge in [-0.05, 0) is 32.2 Å². The lowest BCUT2D eigenvalue weighted by Crippen LogP contribution is -2.36. The zero-order valence-electron chi connectivity index (χ0n) is 10.1.